The smallest absolute Gasteiger partial charge is 0.0178 e. The molecule has 21 heavy (non-hydrogen) atoms. The van der Waals surface area contributed by atoms with Gasteiger partial charge in [-0.1, -0.05) is 84.9 Å². The lowest BCUT2D eigenvalue weighted by Crippen LogP contribution is -1.74. The Kier molecular flexibility index (Phi) is 5.08. The second-order valence-corrected chi connectivity index (χ2v) is 4.70. The van der Waals surface area contributed by atoms with Crippen LogP contribution in [0.2, 0.25) is 0 Å². The first kappa shape index (κ1) is 14.8. The van der Waals surface area contributed by atoms with E-state index in [0.29, 0.717) is 0 Å². The van der Waals surface area contributed by atoms with Gasteiger partial charge in [-0.05, 0) is 33.7 Å². The molecule has 0 aliphatic rings. The molecule has 0 aliphatic carbocycles. The monoisotopic (exact) mass is 274 g/mol. The average molecular weight is 274 g/mol. The number of hydrogen-bond donors (Lipinski definition) is 0. The third-order valence-corrected chi connectivity index (χ3v) is 3.28. The molecule has 0 atom stereocenters. The molecule has 0 aliphatic heterocycles. The lowest BCUT2D eigenvalue weighted by Gasteiger charge is -2.00. The van der Waals surface area contributed by atoms with Crippen LogP contribution in [0, 0.1) is 0 Å². The van der Waals surface area contributed by atoms with Crippen molar-refractivity contribution in [2.75, 3.05) is 0 Å². The van der Waals surface area contributed by atoms with Gasteiger partial charge >= 0.3 is 0 Å². The normalized spacial score (nSPS) is 9.52. The lowest BCUT2D eigenvalue weighted by atomic mass is 10.0. The Morgan fingerprint density at radius 2 is 0.571 bits per heavy atom. The van der Waals surface area contributed by atoms with Crippen LogP contribution in [0.4, 0.5) is 0 Å². The fraction of sp³-hybridized carbons (Fsp3) is 0. The zero-order valence-corrected chi connectivity index (χ0v) is 11.7. The summed E-state index contributed by atoms with van der Waals surface area (Å²) in [5, 5.41) is 5.25. The first-order valence-corrected chi connectivity index (χ1v) is 6.81. The van der Waals surface area contributed by atoms with Crippen molar-refractivity contribution < 1.29 is 5.48 Å². The Labute approximate surface area is 124 Å². The second kappa shape index (κ2) is 7.22. The molecule has 1 heteroatoms. The fourth-order valence-electron chi connectivity index (χ4n) is 2.27. The van der Waals surface area contributed by atoms with Crippen LogP contribution >= 0.6 is 0 Å². The Morgan fingerprint density at radius 1 is 0.333 bits per heavy atom. The van der Waals surface area contributed by atoms with Crippen molar-refractivity contribution in [3.63, 3.8) is 0 Å². The predicted molar refractivity (Wildman–Crippen MR) is 91.5 cm³/mol. The van der Waals surface area contributed by atoms with Crippen molar-refractivity contribution in [3.05, 3.63) is 97.1 Å². The van der Waals surface area contributed by atoms with E-state index in [1.807, 2.05) is 36.4 Å². The minimum atomic E-state index is 0. The van der Waals surface area contributed by atoms with Gasteiger partial charge in [0, 0.05) is 0 Å². The van der Waals surface area contributed by atoms with Crippen molar-refractivity contribution in [1.82, 2.24) is 0 Å². The molecule has 0 heterocycles. The molecular weight excluding hydrogens is 256 g/mol. The molecule has 0 fully saturated rings. The molecule has 0 saturated carbocycles. The highest BCUT2D eigenvalue weighted by atomic mass is 16.0. The van der Waals surface area contributed by atoms with E-state index in [-0.39, 0.29) is 5.48 Å². The summed E-state index contributed by atoms with van der Waals surface area (Å²) in [5.74, 6) is 0. The van der Waals surface area contributed by atoms with Crippen LogP contribution in [0.3, 0.4) is 0 Å². The summed E-state index contributed by atoms with van der Waals surface area (Å²) >= 11 is 0. The summed E-state index contributed by atoms with van der Waals surface area (Å²) in [6, 6.07) is 33.4. The SMILES string of the molecule is O.c1ccc2cc3ccccc3cc2c1.c1ccccc1. The van der Waals surface area contributed by atoms with Crippen LogP contribution < -0.4 is 0 Å². The zero-order chi connectivity index (χ0) is 13.6. The van der Waals surface area contributed by atoms with Gasteiger partial charge in [0.05, 0.1) is 0 Å². The molecule has 0 spiro atoms. The molecule has 0 saturated heterocycles. The molecule has 4 aromatic rings. The third-order valence-electron chi connectivity index (χ3n) is 3.28. The van der Waals surface area contributed by atoms with Gasteiger partial charge in [0.1, 0.15) is 0 Å². The molecule has 2 N–H and O–H groups in total. The molecule has 4 rings (SSSR count). The third kappa shape index (κ3) is 3.68. The van der Waals surface area contributed by atoms with E-state index in [1.165, 1.54) is 21.5 Å². The highest BCUT2D eigenvalue weighted by Crippen LogP contribution is 2.21. The summed E-state index contributed by atoms with van der Waals surface area (Å²) in [6.45, 7) is 0. The predicted octanol–water partition coefficient (Wildman–Crippen LogP) is 4.85. The Hall–Kier alpha value is -2.64. The lowest BCUT2D eigenvalue weighted by molar-refractivity contribution is 0.824. The van der Waals surface area contributed by atoms with Gasteiger partial charge in [0.15, 0.2) is 0 Å². The quantitative estimate of drug-likeness (QED) is 0.410. The number of benzene rings is 4. The molecular formula is C20H18O. The zero-order valence-electron chi connectivity index (χ0n) is 11.7. The van der Waals surface area contributed by atoms with Crippen LogP contribution in [-0.2, 0) is 0 Å². The fourth-order valence-corrected chi connectivity index (χ4v) is 2.27. The highest BCUT2D eigenvalue weighted by Gasteiger charge is 1.95. The summed E-state index contributed by atoms with van der Waals surface area (Å²) in [7, 11) is 0. The minimum absolute atomic E-state index is 0. The van der Waals surface area contributed by atoms with E-state index in [1.54, 1.807) is 0 Å². The number of rotatable bonds is 0. The van der Waals surface area contributed by atoms with Gasteiger partial charge in [-0.2, -0.15) is 0 Å². The molecule has 0 bridgehead atoms. The van der Waals surface area contributed by atoms with Crippen molar-refractivity contribution in [3.8, 4) is 0 Å². The largest absolute Gasteiger partial charge is 0.412 e. The van der Waals surface area contributed by atoms with Gasteiger partial charge in [-0.3, -0.25) is 0 Å². The maximum atomic E-state index is 2.24. The summed E-state index contributed by atoms with van der Waals surface area (Å²) in [4.78, 5) is 0. The summed E-state index contributed by atoms with van der Waals surface area (Å²) in [5.41, 5.74) is 0. The maximum absolute atomic E-state index is 2.24. The maximum Gasteiger partial charge on any atom is -0.0178 e. The second-order valence-electron chi connectivity index (χ2n) is 4.70. The topological polar surface area (TPSA) is 31.5 Å². The van der Waals surface area contributed by atoms with Crippen molar-refractivity contribution in [2.24, 2.45) is 0 Å². The molecule has 0 unspecified atom stereocenters. The van der Waals surface area contributed by atoms with Gasteiger partial charge < -0.3 is 5.48 Å². The van der Waals surface area contributed by atoms with Gasteiger partial charge in [-0.15, -0.1) is 0 Å². The van der Waals surface area contributed by atoms with Gasteiger partial charge in [-0.25, -0.2) is 0 Å². The molecule has 0 amide bonds. The van der Waals surface area contributed by atoms with E-state index in [0.717, 1.165) is 0 Å². The standard InChI is InChI=1S/C14H10.C6H6.H2O/c1-2-6-12-10-14-8-4-3-7-13(14)9-11(12)5-1;1-2-4-6-5-3-1;/h1-10H;1-6H;1H2. The van der Waals surface area contributed by atoms with Gasteiger partial charge in [0.2, 0.25) is 0 Å². The van der Waals surface area contributed by atoms with Gasteiger partial charge in [0.25, 0.3) is 0 Å². The van der Waals surface area contributed by atoms with Crippen LogP contribution in [0.1, 0.15) is 0 Å². The van der Waals surface area contributed by atoms with Crippen molar-refractivity contribution >= 4 is 21.5 Å². The van der Waals surface area contributed by atoms with Crippen molar-refractivity contribution in [2.45, 2.75) is 0 Å². The summed E-state index contributed by atoms with van der Waals surface area (Å²) < 4.78 is 0. The molecule has 0 radical (unpaired) electrons. The average Bonchev–Trinajstić information content (AvgIpc) is 2.55. The Morgan fingerprint density at radius 3 is 0.810 bits per heavy atom. The van der Waals surface area contributed by atoms with E-state index in [4.69, 9.17) is 0 Å². The molecule has 4 aromatic carbocycles. The number of hydrogen-bond acceptors (Lipinski definition) is 0. The van der Waals surface area contributed by atoms with Crippen LogP contribution in [0.5, 0.6) is 0 Å². The van der Waals surface area contributed by atoms with Crippen molar-refractivity contribution in [1.29, 1.82) is 0 Å². The van der Waals surface area contributed by atoms with E-state index in [9.17, 15) is 0 Å². The minimum Gasteiger partial charge on any atom is -0.412 e. The van der Waals surface area contributed by atoms with E-state index >= 15 is 0 Å². The van der Waals surface area contributed by atoms with Crippen LogP contribution in [-0.4, -0.2) is 5.48 Å². The van der Waals surface area contributed by atoms with Crippen LogP contribution in [0.15, 0.2) is 97.1 Å². The summed E-state index contributed by atoms with van der Waals surface area (Å²) in [6.07, 6.45) is 0. The Bertz CT molecular complexity index is 675. The first-order valence-electron chi connectivity index (χ1n) is 6.81. The molecule has 0 aromatic heterocycles. The van der Waals surface area contributed by atoms with E-state index < -0.39 is 0 Å². The molecule has 1 nitrogen and oxygen atoms in total. The first-order chi connectivity index (χ1) is 9.93. The van der Waals surface area contributed by atoms with Crippen LogP contribution in [0.25, 0.3) is 21.5 Å². The molecule has 104 valence electrons. The Balaban J connectivity index is 0.000000197. The number of fused-ring (bicyclic) bond motifs is 2. The highest BCUT2D eigenvalue weighted by molar-refractivity contribution is 5.98. The van der Waals surface area contributed by atoms with E-state index in [2.05, 4.69) is 60.7 Å².